The number of ether oxygens (including phenoxy) is 1. The lowest BCUT2D eigenvalue weighted by molar-refractivity contribution is -0.124. The Morgan fingerprint density at radius 2 is 2.15 bits per heavy atom. The summed E-state index contributed by atoms with van der Waals surface area (Å²) in [6.45, 7) is 3.75. The number of nitrogens with one attached hydrogen (secondary N) is 1. The molecule has 2 aliphatic carbocycles. The number of nitrogens with zero attached hydrogens (tertiary/aromatic N) is 4. The lowest BCUT2D eigenvalue weighted by Gasteiger charge is -2.30. The molecule has 2 saturated carbocycles. The molecule has 1 N–H and O–H groups in total. The Morgan fingerprint density at radius 3 is 2.82 bits per heavy atom. The second-order valence-corrected chi connectivity index (χ2v) is 10.5. The molecule has 0 aromatic carbocycles. The molecule has 3 heterocycles. The molecule has 0 bridgehead atoms. The van der Waals surface area contributed by atoms with Crippen LogP contribution in [0.1, 0.15) is 56.9 Å². The normalized spacial score (nSPS) is 29.1. The van der Waals surface area contributed by atoms with Crippen molar-refractivity contribution in [2.75, 3.05) is 26.2 Å². The molecule has 2 aromatic heterocycles. The molecule has 0 unspecified atom stereocenters. The van der Waals surface area contributed by atoms with E-state index in [-0.39, 0.29) is 29.7 Å². The zero-order chi connectivity index (χ0) is 23.9. The number of hydrogen-bond donors (Lipinski definition) is 1. The maximum absolute atomic E-state index is 13.5. The van der Waals surface area contributed by atoms with E-state index in [1.165, 1.54) is 6.07 Å². The van der Waals surface area contributed by atoms with Crippen molar-refractivity contribution in [1.29, 1.82) is 0 Å². The van der Waals surface area contributed by atoms with Crippen LogP contribution >= 0.6 is 0 Å². The van der Waals surface area contributed by atoms with Crippen LogP contribution < -0.4 is 10.1 Å². The third kappa shape index (κ3) is 4.96. The van der Waals surface area contributed by atoms with Gasteiger partial charge in [0, 0.05) is 44.6 Å². The Morgan fingerprint density at radius 1 is 1.35 bits per heavy atom. The number of carbonyl (C=O) groups is 1. The van der Waals surface area contributed by atoms with Crippen molar-refractivity contribution in [3.05, 3.63) is 29.9 Å². The molecular weight excluding hydrogens is 444 g/mol. The summed E-state index contributed by atoms with van der Waals surface area (Å²) in [7, 11) is 1.80. The van der Waals surface area contributed by atoms with Gasteiger partial charge in [0.25, 0.3) is 5.91 Å². The highest BCUT2D eigenvalue weighted by molar-refractivity contribution is 5.77. The van der Waals surface area contributed by atoms with Crippen molar-refractivity contribution >= 4 is 5.91 Å². The summed E-state index contributed by atoms with van der Waals surface area (Å²) in [5.74, 6) is -1.68. The van der Waals surface area contributed by atoms with Gasteiger partial charge in [0.1, 0.15) is 0 Å². The van der Waals surface area contributed by atoms with Crippen molar-refractivity contribution in [3.63, 3.8) is 0 Å². The largest absolute Gasteiger partial charge is 0.480 e. The van der Waals surface area contributed by atoms with Crippen molar-refractivity contribution in [2.24, 2.45) is 18.9 Å². The Labute approximate surface area is 198 Å². The van der Waals surface area contributed by atoms with Gasteiger partial charge in [-0.3, -0.25) is 9.48 Å². The Kier molecular flexibility index (Phi) is 6.12. The number of hydrogen-bond acceptors (Lipinski definition) is 6. The van der Waals surface area contributed by atoms with Crippen molar-refractivity contribution in [3.8, 4) is 5.75 Å². The first-order valence-corrected chi connectivity index (χ1v) is 12.2. The number of halogens is 2. The molecule has 186 valence electrons. The van der Waals surface area contributed by atoms with Crippen LogP contribution in [0, 0.1) is 11.8 Å². The van der Waals surface area contributed by atoms with E-state index in [1.807, 2.05) is 0 Å². The van der Waals surface area contributed by atoms with Gasteiger partial charge in [-0.25, -0.2) is 0 Å². The van der Waals surface area contributed by atoms with Gasteiger partial charge in [-0.15, -0.1) is 0 Å². The van der Waals surface area contributed by atoms with Gasteiger partial charge in [-0.05, 0) is 56.9 Å². The zero-order valence-electron chi connectivity index (χ0n) is 19.8. The molecule has 0 radical (unpaired) electrons. The molecular formula is C24H33F2N5O3. The predicted molar refractivity (Wildman–Crippen MR) is 120 cm³/mol. The van der Waals surface area contributed by atoms with E-state index >= 15 is 0 Å². The molecule has 5 rings (SSSR count). The number of rotatable bonds is 9. The van der Waals surface area contributed by atoms with Gasteiger partial charge in [0.2, 0.25) is 5.76 Å². The highest BCUT2D eigenvalue weighted by Crippen LogP contribution is 2.59. The number of carbonyl (C=O) groups excluding carboxylic acids is 1. The first kappa shape index (κ1) is 23.3. The minimum atomic E-state index is -2.99. The van der Waals surface area contributed by atoms with Crippen LogP contribution in [0.4, 0.5) is 8.78 Å². The van der Waals surface area contributed by atoms with Gasteiger partial charge in [0.05, 0.1) is 18.1 Å². The molecule has 1 amide bonds. The first-order valence-electron chi connectivity index (χ1n) is 12.2. The van der Waals surface area contributed by atoms with E-state index in [0.717, 1.165) is 65.1 Å². The number of aryl methyl sites for hydroxylation is 1. The van der Waals surface area contributed by atoms with Gasteiger partial charge in [-0.2, -0.15) is 13.9 Å². The molecule has 0 spiro atoms. The average Bonchev–Trinajstić information content (AvgIpc) is 3.21. The van der Waals surface area contributed by atoms with Gasteiger partial charge < -0.3 is 19.5 Å². The van der Waals surface area contributed by atoms with E-state index < -0.39 is 5.92 Å². The number of fused-ring (bicyclic) bond motifs is 1. The third-order valence-corrected chi connectivity index (χ3v) is 7.79. The van der Waals surface area contributed by atoms with Gasteiger partial charge in [0.15, 0.2) is 12.4 Å². The summed E-state index contributed by atoms with van der Waals surface area (Å²) in [6.07, 6.45) is 9.66. The van der Waals surface area contributed by atoms with E-state index in [2.05, 4.69) is 20.5 Å². The maximum atomic E-state index is 13.5. The van der Waals surface area contributed by atoms with Crippen molar-refractivity contribution in [2.45, 2.75) is 62.8 Å². The zero-order valence-corrected chi connectivity index (χ0v) is 19.8. The quantitative estimate of drug-likeness (QED) is 0.597. The fourth-order valence-corrected chi connectivity index (χ4v) is 5.72. The third-order valence-electron chi connectivity index (χ3n) is 7.79. The van der Waals surface area contributed by atoms with E-state index in [4.69, 9.17) is 9.26 Å². The Bertz CT molecular complexity index is 1010. The fourth-order valence-electron chi connectivity index (χ4n) is 5.72. The summed E-state index contributed by atoms with van der Waals surface area (Å²) in [5.41, 5.74) is 0.604. The lowest BCUT2D eigenvalue weighted by atomic mass is 9.84. The van der Waals surface area contributed by atoms with Crippen LogP contribution in [0.5, 0.6) is 5.75 Å². The molecule has 3 fully saturated rings. The number of piperidine rings is 1. The van der Waals surface area contributed by atoms with E-state index in [1.54, 1.807) is 24.1 Å². The maximum Gasteiger partial charge on any atom is 0.304 e. The minimum absolute atomic E-state index is 0.00636. The monoisotopic (exact) mass is 477 g/mol. The topological polar surface area (TPSA) is 85.4 Å². The highest BCUT2D eigenvalue weighted by atomic mass is 19.3. The van der Waals surface area contributed by atoms with Crippen LogP contribution in [-0.4, -0.2) is 58.0 Å². The molecule has 2 aromatic rings. The standard InChI is InChI=1S/C24H33F2N5O3/c1-23(25,26)21-9-20(29-34-21)24-10-17(24)12-31(15-24)8-7-16-3-5-18(6-4-16)28-22(32)14-33-19-11-27-30(2)13-19/h9,11,13,16-18H,3-8,10,12,14-15H2,1-2H3,(H,28,32)/t16?,17-,18?,24-/m0/s1. The molecule has 3 aliphatic rings. The molecule has 2 atom stereocenters. The van der Waals surface area contributed by atoms with E-state index in [0.29, 0.717) is 23.3 Å². The smallest absolute Gasteiger partial charge is 0.304 e. The Hall–Kier alpha value is -2.49. The second-order valence-electron chi connectivity index (χ2n) is 10.5. The molecule has 10 heteroatoms. The summed E-state index contributed by atoms with van der Waals surface area (Å²) < 4.78 is 39.1. The molecule has 1 saturated heterocycles. The van der Waals surface area contributed by atoms with Crippen LogP contribution in [0.15, 0.2) is 23.0 Å². The number of amides is 1. The van der Waals surface area contributed by atoms with Gasteiger partial charge in [-0.1, -0.05) is 5.16 Å². The minimum Gasteiger partial charge on any atom is -0.480 e. The summed E-state index contributed by atoms with van der Waals surface area (Å²) in [5, 5.41) is 11.1. The van der Waals surface area contributed by atoms with Crippen molar-refractivity contribution in [1.82, 2.24) is 25.2 Å². The van der Waals surface area contributed by atoms with Gasteiger partial charge >= 0.3 is 5.92 Å². The summed E-state index contributed by atoms with van der Waals surface area (Å²) in [6, 6.07) is 1.67. The number of aromatic nitrogens is 3. The average molecular weight is 478 g/mol. The predicted octanol–water partition coefficient (Wildman–Crippen LogP) is 3.24. The lowest BCUT2D eigenvalue weighted by Crippen LogP contribution is -2.40. The highest BCUT2D eigenvalue weighted by Gasteiger charge is 2.62. The Balaban J connectivity index is 1.01. The number of alkyl halides is 2. The summed E-state index contributed by atoms with van der Waals surface area (Å²) >= 11 is 0. The van der Waals surface area contributed by atoms with E-state index in [9.17, 15) is 13.6 Å². The van der Waals surface area contributed by atoms with Crippen LogP contribution in [0.25, 0.3) is 0 Å². The molecule has 34 heavy (non-hydrogen) atoms. The van der Waals surface area contributed by atoms with Crippen LogP contribution in [0.3, 0.4) is 0 Å². The number of likely N-dealkylation sites (tertiary alicyclic amines) is 1. The fraction of sp³-hybridized carbons (Fsp3) is 0.708. The second kappa shape index (κ2) is 8.94. The molecule has 8 nitrogen and oxygen atoms in total. The van der Waals surface area contributed by atoms with Crippen LogP contribution in [-0.2, 0) is 23.2 Å². The SMILES string of the molecule is Cn1cc(OCC(=O)NC2CCC(CCN3C[C@@H]4C[C@]4(c4cc(C(C)(F)F)on4)C3)CC2)cn1. The summed E-state index contributed by atoms with van der Waals surface area (Å²) in [4.78, 5) is 14.6. The van der Waals surface area contributed by atoms with Crippen molar-refractivity contribution < 1.29 is 22.8 Å². The van der Waals surface area contributed by atoms with Crippen LogP contribution in [0.2, 0.25) is 0 Å². The first-order chi connectivity index (χ1) is 16.2. The molecule has 1 aliphatic heterocycles.